The molecule has 0 aliphatic heterocycles. The van der Waals surface area contributed by atoms with Gasteiger partial charge >= 0.3 is 6.16 Å². The van der Waals surface area contributed by atoms with Crippen molar-refractivity contribution in [1.29, 1.82) is 0 Å². The number of unbranched alkanes of at least 4 members (excludes halogenated alkanes) is 1. The first kappa shape index (κ1) is 18.1. The van der Waals surface area contributed by atoms with Gasteiger partial charge in [0.2, 0.25) is 0 Å². The van der Waals surface area contributed by atoms with Gasteiger partial charge in [-0.15, -0.1) is 0 Å². The summed E-state index contributed by atoms with van der Waals surface area (Å²) in [6.45, 7) is 4.49. The van der Waals surface area contributed by atoms with Crippen molar-refractivity contribution in [2.75, 3.05) is 40.1 Å². The fourth-order valence-corrected chi connectivity index (χ4v) is 1.46. The maximum atomic E-state index is 10.4. The second kappa shape index (κ2) is 13.6. The molecule has 0 saturated carbocycles. The van der Waals surface area contributed by atoms with E-state index in [4.69, 9.17) is 19.3 Å². The molecule has 0 aromatic heterocycles. The third kappa shape index (κ3) is 13.4. The van der Waals surface area contributed by atoms with Crippen LogP contribution in [0.5, 0.6) is 0 Å². The summed E-state index contributed by atoms with van der Waals surface area (Å²) in [5.41, 5.74) is 0. The van der Waals surface area contributed by atoms with Crippen LogP contribution < -0.4 is 0 Å². The van der Waals surface area contributed by atoms with E-state index in [0.29, 0.717) is 26.2 Å². The average molecular weight is 278 g/mol. The molecule has 114 valence electrons. The van der Waals surface area contributed by atoms with E-state index < -0.39 is 6.16 Å². The standard InChI is InChI=1S/C13H26O6/c1-3-4-8-17-9-10-18-12(6-5-7-16-2)11-19-13(14)15/h12H,3-11H2,1-2H3,(H,14,15). The molecule has 0 rings (SSSR count). The predicted octanol–water partition coefficient (Wildman–Crippen LogP) is 2.31. The van der Waals surface area contributed by atoms with Crippen molar-refractivity contribution in [2.45, 2.75) is 38.7 Å². The molecular formula is C13H26O6. The Hall–Kier alpha value is -0.850. The van der Waals surface area contributed by atoms with Gasteiger partial charge in [-0.05, 0) is 19.3 Å². The summed E-state index contributed by atoms with van der Waals surface area (Å²) in [5.74, 6) is 0. The lowest BCUT2D eigenvalue weighted by Crippen LogP contribution is -2.24. The first-order valence-electron chi connectivity index (χ1n) is 6.74. The number of hydrogen-bond acceptors (Lipinski definition) is 5. The van der Waals surface area contributed by atoms with E-state index in [0.717, 1.165) is 25.9 Å². The number of carboxylic acid groups (broad SMARTS) is 1. The van der Waals surface area contributed by atoms with Crippen LogP contribution in [0, 0.1) is 0 Å². The zero-order valence-corrected chi connectivity index (χ0v) is 11.9. The molecule has 0 aliphatic carbocycles. The zero-order chi connectivity index (χ0) is 14.3. The molecular weight excluding hydrogens is 252 g/mol. The minimum Gasteiger partial charge on any atom is -0.450 e. The second-order valence-electron chi connectivity index (χ2n) is 4.17. The van der Waals surface area contributed by atoms with Crippen LogP contribution in [0.1, 0.15) is 32.6 Å². The summed E-state index contributed by atoms with van der Waals surface area (Å²) < 4.78 is 20.4. The van der Waals surface area contributed by atoms with Crippen molar-refractivity contribution < 1.29 is 28.8 Å². The van der Waals surface area contributed by atoms with Gasteiger partial charge in [0, 0.05) is 20.3 Å². The Kier molecular flexibility index (Phi) is 13.0. The van der Waals surface area contributed by atoms with Crippen LogP contribution in [-0.2, 0) is 18.9 Å². The lowest BCUT2D eigenvalue weighted by molar-refractivity contribution is -0.0357. The van der Waals surface area contributed by atoms with Crippen molar-refractivity contribution in [1.82, 2.24) is 0 Å². The van der Waals surface area contributed by atoms with Crippen molar-refractivity contribution >= 4 is 6.16 Å². The summed E-state index contributed by atoms with van der Waals surface area (Å²) in [5, 5.41) is 8.48. The van der Waals surface area contributed by atoms with E-state index in [9.17, 15) is 4.79 Å². The Labute approximate surface area is 115 Å². The molecule has 1 atom stereocenters. The number of carbonyl (C=O) groups is 1. The van der Waals surface area contributed by atoms with Gasteiger partial charge in [0.1, 0.15) is 6.61 Å². The van der Waals surface area contributed by atoms with Crippen LogP contribution in [0.2, 0.25) is 0 Å². The monoisotopic (exact) mass is 278 g/mol. The molecule has 0 amide bonds. The molecule has 6 nitrogen and oxygen atoms in total. The molecule has 0 aromatic rings. The Bertz CT molecular complexity index is 209. The Balaban J connectivity index is 3.67. The van der Waals surface area contributed by atoms with Gasteiger partial charge in [-0.1, -0.05) is 13.3 Å². The Morgan fingerprint density at radius 1 is 1.16 bits per heavy atom. The van der Waals surface area contributed by atoms with Gasteiger partial charge in [0.25, 0.3) is 0 Å². The first-order valence-corrected chi connectivity index (χ1v) is 6.74. The smallest absolute Gasteiger partial charge is 0.450 e. The van der Waals surface area contributed by atoms with Gasteiger partial charge in [0.05, 0.1) is 19.3 Å². The lowest BCUT2D eigenvalue weighted by atomic mass is 10.2. The quantitative estimate of drug-likeness (QED) is 0.411. The van der Waals surface area contributed by atoms with Crippen molar-refractivity contribution in [2.24, 2.45) is 0 Å². The average Bonchev–Trinajstić information content (AvgIpc) is 2.39. The molecule has 0 spiro atoms. The molecule has 1 unspecified atom stereocenters. The summed E-state index contributed by atoms with van der Waals surface area (Å²) in [6, 6.07) is 0. The molecule has 0 bridgehead atoms. The Morgan fingerprint density at radius 2 is 1.95 bits per heavy atom. The third-order valence-electron chi connectivity index (χ3n) is 2.49. The van der Waals surface area contributed by atoms with Gasteiger partial charge in [-0.3, -0.25) is 0 Å². The molecule has 0 saturated heterocycles. The molecule has 19 heavy (non-hydrogen) atoms. The third-order valence-corrected chi connectivity index (χ3v) is 2.49. The SMILES string of the molecule is CCCCOCCOC(CCCOC)COC(=O)O. The summed E-state index contributed by atoms with van der Waals surface area (Å²) in [4.78, 5) is 10.4. The fraction of sp³-hybridized carbons (Fsp3) is 0.923. The van der Waals surface area contributed by atoms with Crippen LogP contribution in [0.4, 0.5) is 4.79 Å². The molecule has 0 fully saturated rings. The summed E-state index contributed by atoms with van der Waals surface area (Å²) in [7, 11) is 1.63. The van der Waals surface area contributed by atoms with E-state index >= 15 is 0 Å². The number of rotatable bonds is 13. The molecule has 1 N–H and O–H groups in total. The second-order valence-corrected chi connectivity index (χ2v) is 4.17. The van der Waals surface area contributed by atoms with Crippen LogP contribution >= 0.6 is 0 Å². The normalized spacial score (nSPS) is 12.3. The highest BCUT2D eigenvalue weighted by molar-refractivity contribution is 5.56. The van der Waals surface area contributed by atoms with Crippen LogP contribution in [0.3, 0.4) is 0 Å². The number of ether oxygens (including phenoxy) is 4. The van der Waals surface area contributed by atoms with Crippen molar-refractivity contribution in [3.05, 3.63) is 0 Å². The van der Waals surface area contributed by atoms with Gasteiger partial charge < -0.3 is 24.1 Å². The molecule has 0 aromatic carbocycles. The van der Waals surface area contributed by atoms with E-state index in [1.54, 1.807) is 7.11 Å². The number of hydrogen-bond donors (Lipinski definition) is 1. The van der Waals surface area contributed by atoms with Crippen molar-refractivity contribution in [3.8, 4) is 0 Å². The minimum absolute atomic E-state index is 0.0496. The largest absolute Gasteiger partial charge is 0.505 e. The first-order chi connectivity index (χ1) is 9.20. The number of methoxy groups -OCH3 is 1. The van der Waals surface area contributed by atoms with Crippen LogP contribution in [0.25, 0.3) is 0 Å². The predicted molar refractivity (Wildman–Crippen MR) is 70.6 cm³/mol. The van der Waals surface area contributed by atoms with Gasteiger partial charge in [0.15, 0.2) is 0 Å². The summed E-state index contributed by atoms with van der Waals surface area (Å²) in [6.07, 6.45) is 2.14. The highest BCUT2D eigenvalue weighted by atomic mass is 16.7. The van der Waals surface area contributed by atoms with Crippen molar-refractivity contribution in [3.63, 3.8) is 0 Å². The minimum atomic E-state index is -1.28. The van der Waals surface area contributed by atoms with Gasteiger partial charge in [-0.2, -0.15) is 0 Å². The Morgan fingerprint density at radius 3 is 2.58 bits per heavy atom. The molecule has 0 aliphatic rings. The fourth-order valence-electron chi connectivity index (χ4n) is 1.46. The van der Waals surface area contributed by atoms with E-state index in [-0.39, 0.29) is 12.7 Å². The molecule has 6 heteroatoms. The van der Waals surface area contributed by atoms with E-state index in [1.807, 2.05) is 0 Å². The highest BCUT2D eigenvalue weighted by Crippen LogP contribution is 2.04. The van der Waals surface area contributed by atoms with E-state index in [1.165, 1.54) is 0 Å². The maximum absolute atomic E-state index is 10.4. The molecule has 0 heterocycles. The van der Waals surface area contributed by atoms with Gasteiger partial charge in [-0.25, -0.2) is 4.79 Å². The van der Waals surface area contributed by atoms with Crippen LogP contribution in [-0.4, -0.2) is 57.5 Å². The lowest BCUT2D eigenvalue weighted by Gasteiger charge is -2.17. The zero-order valence-electron chi connectivity index (χ0n) is 11.9. The van der Waals surface area contributed by atoms with Crippen LogP contribution in [0.15, 0.2) is 0 Å². The maximum Gasteiger partial charge on any atom is 0.505 e. The van der Waals surface area contributed by atoms with E-state index in [2.05, 4.69) is 11.7 Å². The highest BCUT2D eigenvalue weighted by Gasteiger charge is 2.11. The topological polar surface area (TPSA) is 74.2 Å². The molecule has 0 radical (unpaired) electrons. The summed E-state index contributed by atoms with van der Waals surface area (Å²) >= 11 is 0.